The summed E-state index contributed by atoms with van der Waals surface area (Å²) >= 11 is 0. The van der Waals surface area contributed by atoms with Crippen molar-refractivity contribution in [3.05, 3.63) is 65.0 Å². The van der Waals surface area contributed by atoms with Crippen LogP contribution in [0.25, 0.3) is 0 Å². The van der Waals surface area contributed by atoms with Crippen LogP contribution in [0.2, 0.25) is 0 Å². The summed E-state index contributed by atoms with van der Waals surface area (Å²) in [6.07, 6.45) is 1.04. The highest BCUT2D eigenvalue weighted by Crippen LogP contribution is 2.19. The monoisotopic (exact) mass is 272 g/mol. The van der Waals surface area contributed by atoms with Gasteiger partial charge in [-0.25, -0.2) is 4.39 Å². The van der Waals surface area contributed by atoms with Gasteiger partial charge in [0.2, 0.25) is 0 Å². The molecule has 0 aliphatic rings. The van der Waals surface area contributed by atoms with Crippen LogP contribution < -0.4 is 10.6 Å². The second-order valence-corrected chi connectivity index (χ2v) is 5.01. The molecular formula is C17H21FN2. The number of hydrogen-bond donors (Lipinski definition) is 1. The molecule has 0 saturated carbocycles. The first-order valence-corrected chi connectivity index (χ1v) is 6.91. The number of aryl methyl sites for hydroxylation is 1. The van der Waals surface area contributed by atoms with Crippen LogP contribution in [0.4, 0.5) is 10.1 Å². The van der Waals surface area contributed by atoms with Crippen molar-refractivity contribution < 1.29 is 4.39 Å². The molecule has 0 unspecified atom stereocenters. The van der Waals surface area contributed by atoms with E-state index in [0.29, 0.717) is 5.56 Å². The van der Waals surface area contributed by atoms with Gasteiger partial charge in [0.05, 0.1) is 0 Å². The molecule has 0 saturated heterocycles. The maximum absolute atomic E-state index is 13.7. The molecule has 0 aliphatic carbocycles. The maximum atomic E-state index is 13.7. The highest BCUT2D eigenvalue weighted by atomic mass is 19.1. The van der Waals surface area contributed by atoms with Crippen LogP contribution in [0.15, 0.2) is 42.5 Å². The van der Waals surface area contributed by atoms with E-state index in [1.54, 1.807) is 12.1 Å². The second-order valence-electron chi connectivity index (χ2n) is 5.01. The van der Waals surface area contributed by atoms with Gasteiger partial charge in [-0.1, -0.05) is 37.3 Å². The van der Waals surface area contributed by atoms with E-state index in [9.17, 15) is 4.39 Å². The zero-order chi connectivity index (χ0) is 14.5. The Bertz CT molecular complexity index is 564. The summed E-state index contributed by atoms with van der Waals surface area (Å²) in [5, 5.41) is 0. The fourth-order valence-corrected chi connectivity index (χ4v) is 2.18. The number of anilines is 1. The molecule has 106 valence electrons. The molecule has 0 bridgehead atoms. The number of nitrogens with zero attached hydrogens (tertiary/aromatic N) is 1. The van der Waals surface area contributed by atoms with E-state index in [1.807, 2.05) is 18.0 Å². The molecule has 0 radical (unpaired) electrons. The lowest BCUT2D eigenvalue weighted by Gasteiger charge is -2.20. The quantitative estimate of drug-likeness (QED) is 0.903. The summed E-state index contributed by atoms with van der Waals surface area (Å²) in [7, 11) is 1.96. The number of hydrogen-bond acceptors (Lipinski definition) is 2. The number of halogens is 1. The average Bonchev–Trinajstić information content (AvgIpc) is 2.48. The molecule has 2 N–H and O–H groups in total. The number of benzene rings is 2. The van der Waals surface area contributed by atoms with Gasteiger partial charge in [0.15, 0.2) is 0 Å². The van der Waals surface area contributed by atoms with Crippen LogP contribution >= 0.6 is 0 Å². The van der Waals surface area contributed by atoms with Gasteiger partial charge in [0.25, 0.3) is 0 Å². The van der Waals surface area contributed by atoms with Crippen molar-refractivity contribution in [1.29, 1.82) is 0 Å². The van der Waals surface area contributed by atoms with Gasteiger partial charge in [0.1, 0.15) is 5.82 Å². The summed E-state index contributed by atoms with van der Waals surface area (Å²) in [5.41, 5.74) is 9.43. The van der Waals surface area contributed by atoms with Gasteiger partial charge < -0.3 is 10.6 Å². The summed E-state index contributed by atoms with van der Waals surface area (Å²) in [6, 6.07) is 13.7. The molecule has 2 nitrogen and oxygen atoms in total. The third-order valence-electron chi connectivity index (χ3n) is 3.55. The molecule has 0 aliphatic heterocycles. The van der Waals surface area contributed by atoms with Crippen molar-refractivity contribution >= 4 is 5.69 Å². The van der Waals surface area contributed by atoms with Crippen LogP contribution in [0.5, 0.6) is 0 Å². The number of rotatable bonds is 5. The van der Waals surface area contributed by atoms with Crippen molar-refractivity contribution in [1.82, 2.24) is 0 Å². The Kier molecular flexibility index (Phi) is 4.74. The van der Waals surface area contributed by atoms with Crippen molar-refractivity contribution in [3.63, 3.8) is 0 Å². The Morgan fingerprint density at radius 1 is 1.05 bits per heavy atom. The van der Waals surface area contributed by atoms with E-state index in [4.69, 9.17) is 5.73 Å². The van der Waals surface area contributed by atoms with Crippen molar-refractivity contribution in [3.8, 4) is 0 Å². The standard InChI is InChI=1S/C17H21FN2/c1-3-13-4-6-14(7-5-13)12-20(2)16-9-8-15(11-19)17(18)10-16/h4-10H,3,11-12,19H2,1-2H3. The fraction of sp³-hybridized carbons (Fsp3) is 0.294. The minimum absolute atomic E-state index is 0.230. The van der Waals surface area contributed by atoms with E-state index in [-0.39, 0.29) is 12.4 Å². The molecule has 0 heterocycles. The maximum Gasteiger partial charge on any atom is 0.129 e. The first-order chi connectivity index (χ1) is 9.63. The molecule has 0 fully saturated rings. The number of nitrogens with two attached hydrogens (primary N) is 1. The first-order valence-electron chi connectivity index (χ1n) is 6.91. The van der Waals surface area contributed by atoms with Gasteiger partial charge >= 0.3 is 0 Å². The topological polar surface area (TPSA) is 29.3 Å². The van der Waals surface area contributed by atoms with E-state index in [1.165, 1.54) is 11.1 Å². The lowest BCUT2D eigenvalue weighted by atomic mass is 10.1. The largest absolute Gasteiger partial charge is 0.370 e. The van der Waals surface area contributed by atoms with Crippen molar-refractivity contribution in [2.45, 2.75) is 26.4 Å². The van der Waals surface area contributed by atoms with Crippen LogP contribution in [-0.4, -0.2) is 7.05 Å². The van der Waals surface area contributed by atoms with Crippen LogP contribution in [0.3, 0.4) is 0 Å². The van der Waals surface area contributed by atoms with Gasteiger partial charge in [-0.15, -0.1) is 0 Å². The molecule has 20 heavy (non-hydrogen) atoms. The van der Waals surface area contributed by atoms with Crippen LogP contribution in [0.1, 0.15) is 23.6 Å². The molecule has 0 spiro atoms. The fourth-order valence-electron chi connectivity index (χ4n) is 2.18. The lowest BCUT2D eigenvalue weighted by molar-refractivity contribution is 0.610. The molecule has 0 atom stereocenters. The normalized spacial score (nSPS) is 10.6. The molecule has 2 aromatic carbocycles. The Hall–Kier alpha value is -1.87. The predicted molar refractivity (Wildman–Crippen MR) is 82.2 cm³/mol. The minimum Gasteiger partial charge on any atom is -0.370 e. The highest BCUT2D eigenvalue weighted by Gasteiger charge is 2.06. The molecule has 2 rings (SSSR count). The minimum atomic E-state index is -0.238. The summed E-state index contributed by atoms with van der Waals surface area (Å²) in [5.74, 6) is -0.238. The summed E-state index contributed by atoms with van der Waals surface area (Å²) in [6.45, 7) is 3.13. The van der Waals surface area contributed by atoms with Crippen LogP contribution in [0, 0.1) is 5.82 Å². The van der Waals surface area contributed by atoms with Gasteiger partial charge in [-0.3, -0.25) is 0 Å². The zero-order valence-corrected chi connectivity index (χ0v) is 12.1. The highest BCUT2D eigenvalue weighted by molar-refractivity contribution is 5.48. The molecule has 0 aromatic heterocycles. The van der Waals surface area contributed by atoms with E-state index >= 15 is 0 Å². The molecule has 0 amide bonds. The van der Waals surface area contributed by atoms with Gasteiger partial charge in [-0.2, -0.15) is 0 Å². The average molecular weight is 272 g/mol. The Labute approximate surface area is 120 Å². The summed E-state index contributed by atoms with van der Waals surface area (Å²) in [4.78, 5) is 2.03. The van der Waals surface area contributed by atoms with E-state index in [2.05, 4.69) is 31.2 Å². The van der Waals surface area contributed by atoms with Crippen molar-refractivity contribution in [2.75, 3.05) is 11.9 Å². The molecule has 3 heteroatoms. The second kappa shape index (κ2) is 6.53. The third-order valence-corrected chi connectivity index (χ3v) is 3.55. The Morgan fingerprint density at radius 3 is 2.25 bits per heavy atom. The van der Waals surface area contributed by atoms with E-state index < -0.39 is 0 Å². The van der Waals surface area contributed by atoms with Gasteiger partial charge in [-0.05, 0) is 29.7 Å². The first kappa shape index (κ1) is 14.5. The molecular weight excluding hydrogens is 251 g/mol. The Balaban J connectivity index is 2.10. The zero-order valence-electron chi connectivity index (χ0n) is 12.1. The third kappa shape index (κ3) is 3.36. The van der Waals surface area contributed by atoms with Crippen molar-refractivity contribution in [2.24, 2.45) is 5.73 Å². The van der Waals surface area contributed by atoms with E-state index in [0.717, 1.165) is 18.7 Å². The van der Waals surface area contributed by atoms with Gasteiger partial charge in [0, 0.05) is 31.4 Å². The van der Waals surface area contributed by atoms with Crippen LogP contribution in [-0.2, 0) is 19.5 Å². The smallest absolute Gasteiger partial charge is 0.129 e. The predicted octanol–water partition coefficient (Wildman–Crippen LogP) is 3.48. The Morgan fingerprint density at radius 2 is 1.70 bits per heavy atom. The molecule has 2 aromatic rings. The summed E-state index contributed by atoms with van der Waals surface area (Å²) < 4.78 is 13.7. The SMILES string of the molecule is CCc1ccc(CN(C)c2ccc(CN)c(F)c2)cc1. The lowest BCUT2D eigenvalue weighted by Crippen LogP contribution is -2.16.